The van der Waals surface area contributed by atoms with E-state index in [9.17, 15) is 4.79 Å². The molecule has 5 heteroatoms. The van der Waals surface area contributed by atoms with Gasteiger partial charge >= 0.3 is 0 Å². The van der Waals surface area contributed by atoms with E-state index in [1.165, 1.54) is 10.5 Å². The Morgan fingerprint density at radius 3 is 2.67 bits per heavy atom. The molecule has 2 aliphatic rings. The van der Waals surface area contributed by atoms with Crippen LogP contribution in [0.5, 0.6) is 11.5 Å². The Kier molecular flexibility index (Phi) is 5.69. The number of nitrogens with zero attached hydrogens (tertiary/aromatic N) is 1. The van der Waals surface area contributed by atoms with Crippen LogP contribution in [0.3, 0.4) is 0 Å². The summed E-state index contributed by atoms with van der Waals surface area (Å²) < 4.78 is 11.3. The topological polar surface area (TPSA) is 38.8 Å². The van der Waals surface area contributed by atoms with Crippen LogP contribution in [-0.4, -0.2) is 43.2 Å². The lowest BCUT2D eigenvalue weighted by Crippen LogP contribution is -2.38. The number of rotatable bonds is 5. The number of thioether (sulfide) groups is 1. The number of ether oxygens (including phenoxy) is 2. The van der Waals surface area contributed by atoms with E-state index in [2.05, 4.69) is 17.0 Å². The van der Waals surface area contributed by atoms with Crippen LogP contribution in [-0.2, 0) is 6.54 Å². The van der Waals surface area contributed by atoms with Crippen molar-refractivity contribution < 1.29 is 14.3 Å². The normalized spacial score (nSPS) is 19.7. The van der Waals surface area contributed by atoms with Gasteiger partial charge in [-0.1, -0.05) is 18.2 Å². The van der Waals surface area contributed by atoms with Crippen molar-refractivity contribution in [2.24, 2.45) is 5.92 Å². The summed E-state index contributed by atoms with van der Waals surface area (Å²) in [5.41, 5.74) is 2.04. The number of ketones is 1. The smallest absolute Gasteiger partial charge is 0.167 e. The monoisotopic (exact) mass is 383 g/mol. The van der Waals surface area contributed by atoms with E-state index in [0.717, 1.165) is 49.5 Å². The zero-order valence-corrected chi connectivity index (χ0v) is 16.5. The second-order valence-corrected chi connectivity index (χ2v) is 8.02. The molecule has 0 aliphatic carbocycles. The van der Waals surface area contributed by atoms with Gasteiger partial charge in [-0.3, -0.25) is 9.69 Å². The molecule has 4 rings (SSSR count). The average molecular weight is 384 g/mol. The van der Waals surface area contributed by atoms with E-state index in [4.69, 9.17) is 9.47 Å². The molecule has 0 amide bonds. The number of likely N-dealkylation sites (tertiary alicyclic amines) is 1. The van der Waals surface area contributed by atoms with Crippen molar-refractivity contribution in [1.82, 2.24) is 4.90 Å². The van der Waals surface area contributed by atoms with Crippen LogP contribution in [0, 0.1) is 5.92 Å². The molecule has 0 radical (unpaired) electrons. The molecule has 1 atom stereocenters. The zero-order chi connectivity index (χ0) is 18.6. The fourth-order valence-electron chi connectivity index (χ4n) is 3.85. The fraction of sp³-hybridized carbons (Fsp3) is 0.409. The summed E-state index contributed by atoms with van der Waals surface area (Å²) in [4.78, 5) is 16.5. The first-order valence-electron chi connectivity index (χ1n) is 9.52. The fourth-order valence-corrected chi connectivity index (χ4v) is 4.26. The van der Waals surface area contributed by atoms with Gasteiger partial charge in [0.1, 0.15) is 13.2 Å². The molecule has 2 aromatic rings. The molecule has 0 saturated carbocycles. The first kappa shape index (κ1) is 18.4. The molecule has 0 bridgehead atoms. The third-order valence-corrected chi connectivity index (χ3v) is 6.01. The Morgan fingerprint density at radius 1 is 1.11 bits per heavy atom. The summed E-state index contributed by atoms with van der Waals surface area (Å²) >= 11 is 1.70. The van der Waals surface area contributed by atoms with E-state index in [1.807, 2.05) is 36.6 Å². The van der Waals surface area contributed by atoms with Crippen LogP contribution in [0.15, 0.2) is 47.4 Å². The van der Waals surface area contributed by atoms with Crippen LogP contribution in [0.2, 0.25) is 0 Å². The Morgan fingerprint density at radius 2 is 1.89 bits per heavy atom. The molecule has 0 N–H and O–H groups in total. The zero-order valence-electron chi connectivity index (χ0n) is 15.6. The summed E-state index contributed by atoms with van der Waals surface area (Å²) in [6.45, 7) is 3.90. The number of benzene rings is 2. The van der Waals surface area contributed by atoms with Crippen LogP contribution < -0.4 is 9.47 Å². The summed E-state index contributed by atoms with van der Waals surface area (Å²) in [5.74, 6) is 2.01. The summed E-state index contributed by atoms with van der Waals surface area (Å²) in [5, 5.41) is 0. The quantitative estimate of drug-likeness (QED) is 0.569. The molecule has 2 aliphatic heterocycles. The van der Waals surface area contributed by atoms with E-state index in [1.54, 1.807) is 11.8 Å². The molecule has 27 heavy (non-hydrogen) atoms. The van der Waals surface area contributed by atoms with Gasteiger partial charge in [0.2, 0.25) is 0 Å². The molecular weight excluding hydrogens is 358 g/mol. The van der Waals surface area contributed by atoms with Crippen molar-refractivity contribution in [3.63, 3.8) is 0 Å². The Bertz CT molecular complexity index is 806. The maximum atomic E-state index is 12.9. The van der Waals surface area contributed by atoms with E-state index in [-0.39, 0.29) is 11.7 Å². The minimum atomic E-state index is 0.0797. The van der Waals surface area contributed by atoms with Crippen molar-refractivity contribution in [1.29, 1.82) is 0 Å². The second-order valence-electron chi connectivity index (χ2n) is 7.15. The highest BCUT2D eigenvalue weighted by molar-refractivity contribution is 7.98. The molecule has 1 saturated heterocycles. The van der Waals surface area contributed by atoms with Gasteiger partial charge in [0.15, 0.2) is 17.3 Å². The van der Waals surface area contributed by atoms with Crippen molar-refractivity contribution in [3.05, 3.63) is 53.6 Å². The SMILES string of the molecule is CSc1ccc(C(=O)[C@H]2CCCN(Cc3ccc4c(c3)OCCO4)C2)cc1. The Balaban J connectivity index is 1.41. The summed E-state index contributed by atoms with van der Waals surface area (Å²) in [6.07, 6.45) is 4.08. The molecule has 1 fully saturated rings. The number of carbonyl (C=O) groups is 1. The maximum absolute atomic E-state index is 12.9. The van der Waals surface area contributed by atoms with Crippen LogP contribution >= 0.6 is 11.8 Å². The molecule has 2 aromatic carbocycles. The summed E-state index contributed by atoms with van der Waals surface area (Å²) in [6, 6.07) is 14.2. The number of Topliss-reactive ketones (excluding diaryl/α,β-unsaturated/α-hetero) is 1. The van der Waals surface area contributed by atoms with Gasteiger partial charge in [0.25, 0.3) is 0 Å². The average Bonchev–Trinajstić information content (AvgIpc) is 2.73. The van der Waals surface area contributed by atoms with Gasteiger partial charge in [-0.25, -0.2) is 0 Å². The number of hydrogen-bond acceptors (Lipinski definition) is 5. The molecule has 0 spiro atoms. The third kappa shape index (κ3) is 4.30. The highest BCUT2D eigenvalue weighted by Gasteiger charge is 2.27. The van der Waals surface area contributed by atoms with Gasteiger partial charge in [0.05, 0.1) is 0 Å². The number of carbonyl (C=O) groups excluding carboxylic acids is 1. The van der Waals surface area contributed by atoms with Gasteiger partial charge < -0.3 is 9.47 Å². The largest absolute Gasteiger partial charge is 0.486 e. The van der Waals surface area contributed by atoms with E-state index >= 15 is 0 Å². The highest BCUT2D eigenvalue weighted by atomic mass is 32.2. The lowest BCUT2D eigenvalue weighted by Gasteiger charge is -2.32. The molecule has 0 unspecified atom stereocenters. The maximum Gasteiger partial charge on any atom is 0.167 e. The molecule has 0 aromatic heterocycles. The van der Waals surface area contributed by atoms with E-state index < -0.39 is 0 Å². The van der Waals surface area contributed by atoms with Crippen LogP contribution in [0.4, 0.5) is 0 Å². The summed E-state index contributed by atoms with van der Waals surface area (Å²) in [7, 11) is 0. The standard InChI is InChI=1S/C22H25NO3S/c1-27-19-7-5-17(6-8-19)22(24)18-3-2-10-23(15-18)14-16-4-9-20-21(13-16)26-12-11-25-20/h4-9,13,18H,2-3,10-12,14-15H2,1H3/t18-/m0/s1. The molecule has 142 valence electrons. The molecule has 4 nitrogen and oxygen atoms in total. The second kappa shape index (κ2) is 8.36. The Labute approximate surface area is 164 Å². The first-order chi connectivity index (χ1) is 13.2. The van der Waals surface area contributed by atoms with Gasteiger partial charge in [-0.15, -0.1) is 11.8 Å². The van der Waals surface area contributed by atoms with Crippen molar-refractivity contribution in [3.8, 4) is 11.5 Å². The number of piperidine rings is 1. The molecule has 2 heterocycles. The van der Waals surface area contributed by atoms with Crippen molar-refractivity contribution >= 4 is 17.5 Å². The van der Waals surface area contributed by atoms with Gasteiger partial charge in [-0.2, -0.15) is 0 Å². The van der Waals surface area contributed by atoms with Crippen LogP contribution in [0.1, 0.15) is 28.8 Å². The number of hydrogen-bond donors (Lipinski definition) is 0. The predicted molar refractivity (Wildman–Crippen MR) is 108 cm³/mol. The van der Waals surface area contributed by atoms with Crippen molar-refractivity contribution in [2.75, 3.05) is 32.6 Å². The third-order valence-electron chi connectivity index (χ3n) is 5.26. The predicted octanol–water partition coefficient (Wildman–Crippen LogP) is 4.27. The lowest BCUT2D eigenvalue weighted by molar-refractivity contribution is 0.0811. The lowest BCUT2D eigenvalue weighted by atomic mass is 9.90. The van der Waals surface area contributed by atoms with Crippen LogP contribution in [0.25, 0.3) is 0 Å². The van der Waals surface area contributed by atoms with E-state index in [0.29, 0.717) is 13.2 Å². The first-order valence-corrected chi connectivity index (χ1v) is 10.7. The molecular formula is C22H25NO3S. The highest BCUT2D eigenvalue weighted by Crippen LogP contribution is 2.32. The minimum Gasteiger partial charge on any atom is -0.486 e. The van der Waals surface area contributed by atoms with Gasteiger partial charge in [0, 0.05) is 29.5 Å². The Hall–Kier alpha value is -1.98. The minimum absolute atomic E-state index is 0.0797. The number of fused-ring (bicyclic) bond motifs is 1. The van der Waals surface area contributed by atoms with Crippen molar-refractivity contribution in [2.45, 2.75) is 24.3 Å². The van der Waals surface area contributed by atoms with Gasteiger partial charge in [-0.05, 0) is 55.5 Å².